The van der Waals surface area contributed by atoms with E-state index in [1.807, 2.05) is 49.8 Å². The van der Waals surface area contributed by atoms with Crippen LogP contribution in [0.5, 0.6) is 0 Å². The van der Waals surface area contributed by atoms with E-state index in [0.29, 0.717) is 12.1 Å². The highest BCUT2D eigenvalue weighted by molar-refractivity contribution is 9.10. The van der Waals surface area contributed by atoms with Crippen LogP contribution >= 0.6 is 28.3 Å². The summed E-state index contributed by atoms with van der Waals surface area (Å²) in [7, 11) is 1.90. The number of carbonyl (C=O) groups excluding carboxylic acids is 1. The van der Waals surface area contributed by atoms with Gasteiger partial charge in [-0.2, -0.15) is 5.10 Å². The Morgan fingerprint density at radius 3 is 2.39 bits per heavy atom. The third-order valence-electron chi connectivity index (χ3n) is 3.47. The zero-order valence-electron chi connectivity index (χ0n) is 13.5. The molecular weight excluding hydrogens is 380 g/mol. The van der Waals surface area contributed by atoms with Gasteiger partial charge in [0.2, 0.25) is 0 Å². The fraction of sp³-hybridized carbons (Fsp3) is 0.375. The molecule has 1 heterocycles. The van der Waals surface area contributed by atoms with Crippen LogP contribution in [0, 0.1) is 13.8 Å². The molecule has 0 spiro atoms. The summed E-state index contributed by atoms with van der Waals surface area (Å²) in [5, 5.41) is 10.4. The molecule has 1 aromatic heterocycles. The van der Waals surface area contributed by atoms with Gasteiger partial charge in [0, 0.05) is 12.1 Å². The zero-order valence-corrected chi connectivity index (χ0v) is 15.9. The van der Waals surface area contributed by atoms with Crippen LogP contribution in [0.4, 0.5) is 0 Å². The van der Waals surface area contributed by atoms with Gasteiger partial charge in [-0.1, -0.05) is 0 Å². The van der Waals surface area contributed by atoms with Crippen molar-refractivity contribution in [3.63, 3.8) is 0 Å². The van der Waals surface area contributed by atoms with Gasteiger partial charge in [0.1, 0.15) is 0 Å². The lowest BCUT2D eigenvalue weighted by Crippen LogP contribution is -2.26. The Kier molecular flexibility index (Phi) is 7.75. The molecule has 2 rings (SSSR count). The Morgan fingerprint density at radius 2 is 1.87 bits per heavy atom. The van der Waals surface area contributed by atoms with Crippen LogP contribution in [0.15, 0.2) is 28.7 Å². The fourth-order valence-electron chi connectivity index (χ4n) is 2.20. The molecule has 0 saturated heterocycles. The number of aryl methyl sites for hydroxylation is 1. The Bertz CT molecular complexity index is 655. The number of aromatic nitrogens is 2. The van der Waals surface area contributed by atoms with Crippen molar-refractivity contribution in [1.82, 2.24) is 20.4 Å². The first-order valence-corrected chi connectivity index (χ1v) is 8.09. The normalized spacial score (nSPS) is 10.3. The Balaban J connectivity index is 0.00000264. The van der Waals surface area contributed by atoms with Crippen molar-refractivity contribution in [2.45, 2.75) is 20.3 Å². The molecule has 126 valence electrons. The van der Waals surface area contributed by atoms with E-state index >= 15 is 0 Å². The van der Waals surface area contributed by atoms with Gasteiger partial charge in [-0.15, -0.1) is 12.4 Å². The highest BCUT2D eigenvalue weighted by Gasteiger charge is 2.11. The summed E-state index contributed by atoms with van der Waals surface area (Å²) >= 11 is 3.52. The number of nitrogens with zero attached hydrogens (tertiary/aromatic N) is 2. The average molecular weight is 402 g/mol. The van der Waals surface area contributed by atoms with Crippen LogP contribution in [0.1, 0.15) is 28.2 Å². The van der Waals surface area contributed by atoms with Gasteiger partial charge >= 0.3 is 0 Å². The topological polar surface area (TPSA) is 58.9 Å². The van der Waals surface area contributed by atoms with Crippen LogP contribution in [0.2, 0.25) is 0 Å². The predicted molar refractivity (Wildman–Crippen MR) is 98.9 cm³/mol. The minimum Gasteiger partial charge on any atom is -0.352 e. The SMILES string of the molecule is CNCCCNC(=O)c1ccc(-n2nc(C)c(Br)c2C)cc1.Cl. The van der Waals surface area contributed by atoms with Crippen molar-refractivity contribution in [2.75, 3.05) is 20.1 Å². The minimum absolute atomic E-state index is 0. The number of hydrogen-bond acceptors (Lipinski definition) is 3. The highest BCUT2D eigenvalue weighted by Crippen LogP contribution is 2.23. The number of benzene rings is 1. The summed E-state index contributed by atoms with van der Waals surface area (Å²) in [6, 6.07) is 7.48. The van der Waals surface area contributed by atoms with E-state index in [2.05, 4.69) is 31.7 Å². The molecule has 7 heteroatoms. The predicted octanol–water partition coefficient (Wildman–Crippen LogP) is 3.01. The lowest BCUT2D eigenvalue weighted by atomic mass is 10.2. The van der Waals surface area contributed by atoms with Crippen LogP contribution in [-0.4, -0.2) is 35.8 Å². The summed E-state index contributed by atoms with van der Waals surface area (Å²) in [5.74, 6) is -0.0443. The minimum atomic E-state index is -0.0443. The second-order valence-corrected chi connectivity index (χ2v) is 5.95. The largest absolute Gasteiger partial charge is 0.352 e. The molecule has 0 bridgehead atoms. The number of carbonyl (C=O) groups is 1. The zero-order chi connectivity index (χ0) is 16.1. The smallest absolute Gasteiger partial charge is 0.251 e. The molecule has 1 aromatic carbocycles. The fourth-order valence-corrected chi connectivity index (χ4v) is 2.45. The standard InChI is InChI=1S/C16H21BrN4O.ClH/c1-11-15(17)12(2)21(20-11)14-7-5-13(6-8-14)16(22)19-10-4-9-18-3;/h5-8,18H,4,9-10H2,1-3H3,(H,19,22);1H. The molecule has 0 aliphatic heterocycles. The molecule has 2 N–H and O–H groups in total. The lowest BCUT2D eigenvalue weighted by molar-refractivity contribution is 0.0953. The molecule has 0 saturated carbocycles. The van der Waals surface area contributed by atoms with Gasteiger partial charge < -0.3 is 10.6 Å². The van der Waals surface area contributed by atoms with E-state index in [4.69, 9.17) is 0 Å². The number of halogens is 2. The summed E-state index contributed by atoms with van der Waals surface area (Å²) in [5.41, 5.74) is 3.59. The van der Waals surface area contributed by atoms with Gasteiger partial charge in [0.15, 0.2) is 0 Å². The van der Waals surface area contributed by atoms with Crippen molar-refractivity contribution in [3.05, 3.63) is 45.7 Å². The van der Waals surface area contributed by atoms with E-state index in [9.17, 15) is 4.79 Å². The van der Waals surface area contributed by atoms with Gasteiger partial charge in [-0.25, -0.2) is 4.68 Å². The maximum Gasteiger partial charge on any atom is 0.251 e. The Hall–Kier alpha value is -1.37. The van der Waals surface area contributed by atoms with Crippen molar-refractivity contribution in [3.8, 4) is 5.69 Å². The first-order valence-electron chi connectivity index (χ1n) is 7.29. The van der Waals surface area contributed by atoms with Gasteiger partial charge in [0.25, 0.3) is 5.91 Å². The third-order valence-corrected chi connectivity index (χ3v) is 4.61. The second kappa shape index (κ2) is 9.05. The van der Waals surface area contributed by atoms with Crippen LogP contribution in [0.25, 0.3) is 5.69 Å². The Morgan fingerprint density at radius 1 is 1.22 bits per heavy atom. The van der Waals surface area contributed by atoms with Crippen LogP contribution in [0.3, 0.4) is 0 Å². The summed E-state index contributed by atoms with van der Waals surface area (Å²) in [6.07, 6.45) is 0.917. The van der Waals surface area contributed by atoms with Crippen molar-refractivity contribution in [2.24, 2.45) is 0 Å². The van der Waals surface area contributed by atoms with Crippen molar-refractivity contribution in [1.29, 1.82) is 0 Å². The highest BCUT2D eigenvalue weighted by atomic mass is 79.9. The second-order valence-electron chi connectivity index (χ2n) is 5.16. The van der Waals surface area contributed by atoms with Gasteiger partial charge in [0.05, 0.1) is 21.5 Å². The summed E-state index contributed by atoms with van der Waals surface area (Å²) < 4.78 is 2.88. The molecule has 0 fully saturated rings. The van der Waals surface area contributed by atoms with E-state index < -0.39 is 0 Å². The van der Waals surface area contributed by atoms with Crippen LogP contribution in [-0.2, 0) is 0 Å². The molecule has 2 aromatic rings. The first-order chi connectivity index (χ1) is 10.5. The maximum absolute atomic E-state index is 12.0. The molecular formula is C16H22BrClN4O. The van der Waals surface area contributed by atoms with Crippen molar-refractivity contribution < 1.29 is 4.79 Å². The third kappa shape index (κ3) is 4.80. The van der Waals surface area contributed by atoms with E-state index in [1.54, 1.807) is 0 Å². The summed E-state index contributed by atoms with van der Waals surface area (Å²) in [6.45, 7) is 5.53. The number of amides is 1. The maximum atomic E-state index is 12.0. The van der Waals surface area contributed by atoms with Gasteiger partial charge in [-0.3, -0.25) is 4.79 Å². The monoisotopic (exact) mass is 400 g/mol. The molecule has 5 nitrogen and oxygen atoms in total. The number of hydrogen-bond donors (Lipinski definition) is 2. The number of rotatable bonds is 6. The summed E-state index contributed by atoms with van der Waals surface area (Å²) in [4.78, 5) is 12.0. The van der Waals surface area contributed by atoms with E-state index in [0.717, 1.165) is 34.5 Å². The molecule has 23 heavy (non-hydrogen) atoms. The van der Waals surface area contributed by atoms with Crippen molar-refractivity contribution >= 4 is 34.2 Å². The molecule has 0 radical (unpaired) electrons. The van der Waals surface area contributed by atoms with E-state index in [1.165, 1.54) is 0 Å². The lowest BCUT2D eigenvalue weighted by Gasteiger charge is -2.07. The molecule has 1 amide bonds. The van der Waals surface area contributed by atoms with Crippen LogP contribution < -0.4 is 10.6 Å². The van der Waals surface area contributed by atoms with E-state index in [-0.39, 0.29) is 18.3 Å². The number of nitrogens with one attached hydrogen (secondary N) is 2. The Labute approximate surface area is 151 Å². The molecule has 0 atom stereocenters. The van der Waals surface area contributed by atoms with Gasteiger partial charge in [-0.05, 0) is 74.1 Å². The molecule has 0 aliphatic carbocycles. The first kappa shape index (κ1) is 19.7. The average Bonchev–Trinajstić information content (AvgIpc) is 2.79. The molecule has 0 aliphatic rings. The quantitative estimate of drug-likeness (QED) is 0.732. The molecule has 0 unspecified atom stereocenters.